The number of rotatable bonds is 4. The summed E-state index contributed by atoms with van der Waals surface area (Å²) in [7, 11) is 0. The molecule has 1 N–H and O–H groups in total. The Morgan fingerprint density at radius 1 is 1.11 bits per heavy atom. The van der Waals surface area contributed by atoms with Crippen LogP contribution in [0.5, 0.6) is 0 Å². The van der Waals surface area contributed by atoms with Gasteiger partial charge in [0.25, 0.3) is 0 Å². The second-order valence-electron chi connectivity index (χ2n) is 5.72. The van der Waals surface area contributed by atoms with Crippen molar-refractivity contribution < 1.29 is 8.78 Å². The monoisotopic (exact) mass is 253 g/mol. The van der Waals surface area contributed by atoms with Crippen LogP contribution in [0.3, 0.4) is 0 Å². The minimum Gasteiger partial charge on any atom is -0.312 e. The second kappa shape index (κ2) is 5.79. The Hall–Kier alpha value is -0.960. The van der Waals surface area contributed by atoms with Gasteiger partial charge in [0.2, 0.25) is 0 Å². The molecule has 0 bridgehead atoms. The highest BCUT2D eigenvalue weighted by atomic mass is 19.2. The van der Waals surface area contributed by atoms with Crippen molar-refractivity contribution in [2.24, 2.45) is 5.41 Å². The van der Waals surface area contributed by atoms with Crippen LogP contribution in [0.1, 0.15) is 44.6 Å². The van der Waals surface area contributed by atoms with Crippen molar-refractivity contribution in [3.05, 3.63) is 35.4 Å². The fourth-order valence-corrected chi connectivity index (χ4v) is 2.74. The SMILES string of the molecule is CC1(CNCc2ccc(F)c(F)c2)CCCCC1. The molecule has 0 heterocycles. The molecule has 1 aromatic rings. The molecule has 2 rings (SSSR count). The van der Waals surface area contributed by atoms with E-state index in [1.165, 1.54) is 44.2 Å². The molecule has 1 aromatic carbocycles. The van der Waals surface area contributed by atoms with Gasteiger partial charge in [0.1, 0.15) is 0 Å². The average molecular weight is 253 g/mol. The summed E-state index contributed by atoms with van der Waals surface area (Å²) >= 11 is 0. The van der Waals surface area contributed by atoms with Crippen LogP contribution in [0.25, 0.3) is 0 Å². The molecular weight excluding hydrogens is 232 g/mol. The Morgan fingerprint density at radius 2 is 1.83 bits per heavy atom. The van der Waals surface area contributed by atoms with E-state index in [2.05, 4.69) is 12.2 Å². The normalized spacial score (nSPS) is 18.8. The molecule has 3 heteroatoms. The van der Waals surface area contributed by atoms with Crippen LogP contribution in [-0.2, 0) is 6.54 Å². The molecule has 0 aromatic heterocycles. The summed E-state index contributed by atoms with van der Waals surface area (Å²) < 4.78 is 25.8. The van der Waals surface area contributed by atoms with E-state index in [1.54, 1.807) is 6.07 Å². The highest BCUT2D eigenvalue weighted by Crippen LogP contribution is 2.34. The fraction of sp³-hybridized carbons (Fsp3) is 0.600. The zero-order valence-corrected chi connectivity index (χ0v) is 10.9. The number of benzene rings is 1. The summed E-state index contributed by atoms with van der Waals surface area (Å²) in [5.74, 6) is -1.55. The topological polar surface area (TPSA) is 12.0 Å². The lowest BCUT2D eigenvalue weighted by Gasteiger charge is -2.33. The van der Waals surface area contributed by atoms with E-state index in [0.29, 0.717) is 12.0 Å². The van der Waals surface area contributed by atoms with E-state index >= 15 is 0 Å². The van der Waals surface area contributed by atoms with Crippen LogP contribution in [-0.4, -0.2) is 6.54 Å². The van der Waals surface area contributed by atoms with Gasteiger partial charge in [-0.3, -0.25) is 0 Å². The van der Waals surface area contributed by atoms with Crippen molar-refractivity contribution in [3.63, 3.8) is 0 Å². The van der Waals surface area contributed by atoms with E-state index in [9.17, 15) is 8.78 Å². The Labute approximate surface area is 108 Å². The number of halogens is 2. The lowest BCUT2D eigenvalue weighted by molar-refractivity contribution is 0.207. The first-order valence-electron chi connectivity index (χ1n) is 6.74. The number of nitrogens with one attached hydrogen (secondary N) is 1. The molecule has 1 nitrogen and oxygen atoms in total. The van der Waals surface area contributed by atoms with Gasteiger partial charge >= 0.3 is 0 Å². The first-order chi connectivity index (χ1) is 8.59. The first-order valence-corrected chi connectivity index (χ1v) is 6.74. The lowest BCUT2D eigenvalue weighted by atomic mass is 9.76. The summed E-state index contributed by atoms with van der Waals surface area (Å²) in [5, 5.41) is 3.37. The molecule has 0 unspecified atom stereocenters. The van der Waals surface area contributed by atoms with E-state index in [4.69, 9.17) is 0 Å². The maximum atomic E-state index is 13.0. The van der Waals surface area contributed by atoms with Gasteiger partial charge in [-0.2, -0.15) is 0 Å². The van der Waals surface area contributed by atoms with Crippen molar-refractivity contribution >= 4 is 0 Å². The number of hydrogen-bond acceptors (Lipinski definition) is 1. The van der Waals surface area contributed by atoms with Crippen LogP contribution in [0.4, 0.5) is 8.78 Å². The Kier molecular flexibility index (Phi) is 4.33. The van der Waals surface area contributed by atoms with Gasteiger partial charge in [0, 0.05) is 13.1 Å². The zero-order valence-electron chi connectivity index (χ0n) is 10.9. The minimum atomic E-state index is -0.780. The van der Waals surface area contributed by atoms with E-state index in [-0.39, 0.29) is 0 Å². The molecule has 1 fully saturated rings. The first kappa shape index (κ1) is 13.5. The molecule has 0 amide bonds. The summed E-state index contributed by atoms with van der Waals surface area (Å²) in [6.45, 7) is 3.86. The van der Waals surface area contributed by atoms with Gasteiger partial charge in [-0.25, -0.2) is 8.78 Å². The predicted molar refractivity (Wildman–Crippen MR) is 69.3 cm³/mol. The minimum absolute atomic E-state index is 0.372. The fourth-order valence-electron chi connectivity index (χ4n) is 2.74. The number of hydrogen-bond donors (Lipinski definition) is 1. The molecule has 100 valence electrons. The standard InChI is InChI=1S/C15H21F2N/c1-15(7-3-2-4-8-15)11-18-10-12-5-6-13(16)14(17)9-12/h5-6,9,18H,2-4,7-8,10-11H2,1H3. The maximum absolute atomic E-state index is 13.0. The molecule has 1 aliphatic carbocycles. The Morgan fingerprint density at radius 3 is 2.50 bits per heavy atom. The van der Waals surface area contributed by atoms with Crippen LogP contribution < -0.4 is 5.32 Å². The van der Waals surface area contributed by atoms with E-state index in [1.807, 2.05) is 0 Å². The van der Waals surface area contributed by atoms with Crippen molar-refractivity contribution in [1.82, 2.24) is 5.32 Å². The van der Waals surface area contributed by atoms with E-state index in [0.717, 1.165) is 12.1 Å². The van der Waals surface area contributed by atoms with Crippen molar-refractivity contribution in [2.75, 3.05) is 6.54 Å². The largest absolute Gasteiger partial charge is 0.312 e. The highest BCUT2D eigenvalue weighted by molar-refractivity contribution is 5.17. The van der Waals surface area contributed by atoms with Gasteiger partial charge in [-0.1, -0.05) is 32.3 Å². The predicted octanol–water partition coefficient (Wildman–Crippen LogP) is 4.02. The molecule has 1 aliphatic rings. The lowest BCUT2D eigenvalue weighted by Crippen LogP contribution is -2.33. The summed E-state index contributed by atoms with van der Waals surface area (Å²) in [6, 6.07) is 4.09. The van der Waals surface area contributed by atoms with Crippen LogP contribution in [0.15, 0.2) is 18.2 Å². The summed E-state index contributed by atoms with van der Waals surface area (Å²) in [5.41, 5.74) is 1.17. The molecule has 0 saturated heterocycles. The molecule has 0 atom stereocenters. The van der Waals surface area contributed by atoms with Crippen LogP contribution >= 0.6 is 0 Å². The zero-order chi connectivity index (χ0) is 13.0. The summed E-state index contributed by atoms with van der Waals surface area (Å²) in [4.78, 5) is 0. The van der Waals surface area contributed by atoms with Gasteiger partial charge in [0.15, 0.2) is 11.6 Å². The van der Waals surface area contributed by atoms with Crippen molar-refractivity contribution in [2.45, 2.75) is 45.6 Å². The Balaban J connectivity index is 1.82. The van der Waals surface area contributed by atoms with Crippen molar-refractivity contribution in [1.29, 1.82) is 0 Å². The quantitative estimate of drug-likeness (QED) is 0.854. The second-order valence-corrected chi connectivity index (χ2v) is 5.72. The van der Waals surface area contributed by atoms with Gasteiger partial charge in [0.05, 0.1) is 0 Å². The van der Waals surface area contributed by atoms with Crippen LogP contribution in [0, 0.1) is 17.0 Å². The van der Waals surface area contributed by atoms with Gasteiger partial charge in [-0.15, -0.1) is 0 Å². The molecule has 0 radical (unpaired) electrons. The van der Waals surface area contributed by atoms with Crippen LogP contribution in [0.2, 0.25) is 0 Å². The highest BCUT2D eigenvalue weighted by Gasteiger charge is 2.25. The third-order valence-corrected chi connectivity index (χ3v) is 3.93. The third-order valence-electron chi connectivity index (χ3n) is 3.93. The van der Waals surface area contributed by atoms with Gasteiger partial charge in [-0.05, 0) is 36.0 Å². The molecule has 0 spiro atoms. The molecular formula is C15H21F2N. The van der Waals surface area contributed by atoms with E-state index < -0.39 is 11.6 Å². The van der Waals surface area contributed by atoms with Gasteiger partial charge < -0.3 is 5.32 Å². The smallest absolute Gasteiger partial charge is 0.159 e. The van der Waals surface area contributed by atoms with Crippen molar-refractivity contribution in [3.8, 4) is 0 Å². The molecule has 1 saturated carbocycles. The Bertz CT molecular complexity index is 397. The molecule has 18 heavy (non-hydrogen) atoms. The third kappa shape index (κ3) is 3.52. The average Bonchev–Trinajstić information content (AvgIpc) is 2.34. The summed E-state index contributed by atoms with van der Waals surface area (Å²) in [6.07, 6.45) is 6.49. The maximum Gasteiger partial charge on any atom is 0.159 e. The molecule has 0 aliphatic heterocycles.